The van der Waals surface area contributed by atoms with Gasteiger partial charge in [-0.3, -0.25) is 5.84 Å². The second-order valence-electron chi connectivity index (χ2n) is 4.64. The minimum atomic E-state index is 0.809. The Morgan fingerprint density at radius 1 is 0.944 bits per heavy atom. The summed E-state index contributed by atoms with van der Waals surface area (Å²) in [5.41, 5.74) is 3.50. The highest BCUT2D eigenvalue weighted by Gasteiger charge is 1.95. The van der Waals surface area contributed by atoms with Gasteiger partial charge in [-0.2, -0.15) is 0 Å². The van der Waals surface area contributed by atoms with Gasteiger partial charge in [-0.25, -0.2) is 0 Å². The van der Waals surface area contributed by atoms with E-state index in [1.807, 2.05) is 24.3 Å². The maximum atomic E-state index is 5.66. The zero-order chi connectivity index (χ0) is 13.1. The van der Waals surface area contributed by atoms with Gasteiger partial charge in [0.25, 0.3) is 0 Å². The summed E-state index contributed by atoms with van der Waals surface area (Å²) in [5.74, 6) is 6.22. The Hall–Kier alpha value is -1.22. The molecular weight excluding hydrogens is 224 g/mol. The van der Waals surface area contributed by atoms with E-state index in [-0.39, 0.29) is 0 Å². The average Bonchev–Trinajstić information content (AvgIpc) is 2.42. The van der Waals surface area contributed by atoms with Crippen LogP contribution in [-0.4, -0.2) is 6.61 Å². The molecule has 102 valence electrons. The highest BCUT2D eigenvalue weighted by Crippen LogP contribution is 2.15. The molecule has 0 fully saturated rings. The Morgan fingerprint density at radius 3 is 2.17 bits per heavy atom. The molecule has 3 N–H and O–H groups in total. The largest absolute Gasteiger partial charge is 0.494 e. The van der Waals surface area contributed by atoms with Gasteiger partial charge in [-0.1, -0.05) is 45.4 Å². The number of nitrogen functional groups attached to an aromatic ring is 1. The zero-order valence-corrected chi connectivity index (χ0v) is 11.5. The molecule has 0 bridgehead atoms. The number of benzene rings is 1. The van der Waals surface area contributed by atoms with E-state index in [9.17, 15) is 0 Å². The average molecular weight is 250 g/mol. The van der Waals surface area contributed by atoms with Gasteiger partial charge in [0.05, 0.1) is 6.61 Å². The second-order valence-corrected chi connectivity index (χ2v) is 4.64. The van der Waals surface area contributed by atoms with Crippen LogP contribution in [-0.2, 0) is 0 Å². The minimum absolute atomic E-state index is 0.809. The highest BCUT2D eigenvalue weighted by molar-refractivity contribution is 5.45. The van der Waals surface area contributed by atoms with Crippen molar-refractivity contribution in [3.8, 4) is 5.75 Å². The van der Waals surface area contributed by atoms with Crippen molar-refractivity contribution in [3.63, 3.8) is 0 Å². The van der Waals surface area contributed by atoms with E-state index in [0.717, 1.165) is 24.5 Å². The fraction of sp³-hybridized carbons (Fsp3) is 0.600. The Balaban J connectivity index is 2.00. The Morgan fingerprint density at radius 2 is 1.56 bits per heavy atom. The van der Waals surface area contributed by atoms with Gasteiger partial charge >= 0.3 is 0 Å². The summed E-state index contributed by atoms with van der Waals surface area (Å²) < 4.78 is 5.66. The molecular formula is C15H26N2O. The molecule has 0 aliphatic carbocycles. The number of ether oxygens (including phenoxy) is 1. The molecule has 0 aromatic heterocycles. The number of nitrogens with two attached hydrogens (primary N) is 1. The first-order valence-corrected chi connectivity index (χ1v) is 7.06. The van der Waals surface area contributed by atoms with Crippen LogP contribution in [0.25, 0.3) is 0 Å². The van der Waals surface area contributed by atoms with Crippen LogP contribution in [0.15, 0.2) is 24.3 Å². The van der Waals surface area contributed by atoms with Gasteiger partial charge in [-0.15, -0.1) is 0 Å². The number of unbranched alkanes of at least 4 members (excludes halogenated alkanes) is 6. The number of hydrazine groups is 1. The minimum Gasteiger partial charge on any atom is -0.494 e. The molecule has 1 aromatic carbocycles. The van der Waals surface area contributed by atoms with Crippen LogP contribution in [0.5, 0.6) is 5.75 Å². The molecule has 1 aromatic rings. The molecule has 0 aliphatic heterocycles. The van der Waals surface area contributed by atoms with E-state index in [4.69, 9.17) is 10.6 Å². The molecule has 0 radical (unpaired) electrons. The molecule has 0 atom stereocenters. The topological polar surface area (TPSA) is 47.3 Å². The van der Waals surface area contributed by atoms with Crippen molar-refractivity contribution in [2.45, 2.75) is 51.9 Å². The quantitative estimate of drug-likeness (QED) is 0.373. The van der Waals surface area contributed by atoms with Crippen LogP contribution >= 0.6 is 0 Å². The van der Waals surface area contributed by atoms with Gasteiger partial charge in [0.2, 0.25) is 0 Å². The monoisotopic (exact) mass is 250 g/mol. The second kappa shape index (κ2) is 9.77. The third kappa shape index (κ3) is 6.50. The molecule has 0 unspecified atom stereocenters. The van der Waals surface area contributed by atoms with Crippen LogP contribution < -0.4 is 16.0 Å². The molecule has 3 heteroatoms. The molecule has 0 saturated carbocycles. The number of anilines is 1. The molecule has 0 saturated heterocycles. The summed E-state index contributed by atoms with van der Waals surface area (Å²) in [7, 11) is 0. The summed E-state index contributed by atoms with van der Waals surface area (Å²) in [5, 5.41) is 0. The van der Waals surface area contributed by atoms with Crippen molar-refractivity contribution >= 4 is 5.69 Å². The Bertz CT molecular complexity index is 298. The molecule has 0 aliphatic rings. The number of nitrogens with one attached hydrogen (secondary N) is 1. The Kier molecular flexibility index (Phi) is 8.06. The van der Waals surface area contributed by atoms with Crippen molar-refractivity contribution in [1.82, 2.24) is 0 Å². The van der Waals surface area contributed by atoms with E-state index in [1.165, 1.54) is 38.5 Å². The predicted octanol–water partition coefficient (Wildman–Crippen LogP) is 4.10. The van der Waals surface area contributed by atoms with E-state index in [0.29, 0.717) is 0 Å². The van der Waals surface area contributed by atoms with Gasteiger partial charge < -0.3 is 10.2 Å². The first-order chi connectivity index (χ1) is 8.86. The molecule has 1 rings (SSSR count). The summed E-state index contributed by atoms with van der Waals surface area (Å²) in [4.78, 5) is 0. The highest BCUT2D eigenvalue weighted by atomic mass is 16.5. The molecule has 3 nitrogen and oxygen atoms in total. The summed E-state index contributed by atoms with van der Waals surface area (Å²) in [6.45, 7) is 3.06. The third-order valence-corrected chi connectivity index (χ3v) is 3.04. The van der Waals surface area contributed by atoms with Crippen LogP contribution in [0.3, 0.4) is 0 Å². The van der Waals surface area contributed by atoms with Crippen molar-refractivity contribution in [3.05, 3.63) is 24.3 Å². The lowest BCUT2D eigenvalue weighted by molar-refractivity contribution is 0.304. The van der Waals surface area contributed by atoms with Crippen LogP contribution in [0.2, 0.25) is 0 Å². The standard InChI is InChI=1S/C15H26N2O/c1-2-3-4-5-6-7-8-13-18-15-11-9-14(17-16)10-12-15/h9-12,17H,2-8,13,16H2,1H3. The van der Waals surface area contributed by atoms with Crippen molar-refractivity contribution < 1.29 is 4.74 Å². The number of hydrogen-bond acceptors (Lipinski definition) is 3. The summed E-state index contributed by atoms with van der Waals surface area (Å²) in [6.07, 6.45) is 9.18. The normalized spacial score (nSPS) is 10.3. The van der Waals surface area contributed by atoms with E-state index in [1.54, 1.807) is 0 Å². The van der Waals surface area contributed by atoms with E-state index in [2.05, 4.69) is 12.3 Å². The van der Waals surface area contributed by atoms with Crippen molar-refractivity contribution in [2.24, 2.45) is 5.84 Å². The molecule has 0 heterocycles. The van der Waals surface area contributed by atoms with Crippen molar-refractivity contribution in [1.29, 1.82) is 0 Å². The van der Waals surface area contributed by atoms with Crippen LogP contribution in [0.4, 0.5) is 5.69 Å². The zero-order valence-electron chi connectivity index (χ0n) is 11.5. The van der Waals surface area contributed by atoms with Gasteiger partial charge in [0.1, 0.15) is 5.75 Å². The lowest BCUT2D eigenvalue weighted by Gasteiger charge is -2.07. The van der Waals surface area contributed by atoms with Gasteiger partial charge in [0, 0.05) is 5.69 Å². The SMILES string of the molecule is CCCCCCCCCOc1ccc(NN)cc1. The van der Waals surface area contributed by atoms with Crippen LogP contribution in [0.1, 0.15) is 51.9 Å². The maximum absolute atomic E-state index is 5.66. The smallest absolute Gasteiger partial charge is 0.119 e. The van der Waals surface area contributed by atoms with E-state index < -0.39 is 0 Å². The Labute approximate surface area is 111 Å². The molecule has 18 heavy (non-hydrogen) atoms. The fourth-order valence-electron chi connectivity index (χ4n) is 1.90. The lowest BCUT2D eigenvalue weighted by atomic mass is 10.1. The molecule has 0 spiro atoms. The lowest BCUT2D eigenvalue weighted by Crippen LogP contribution is -2.06. The maximum Gasteiger partial charge on any atom is 0.119 e. The predicted molar refractivity (Wildman–Crippen MR) is 77.7 cm³/mol. The first kappa shape index (κ1) is 14.8. The van der Waals surface area contributed by atoms with E-state index >= 15 is 0 Å². The first-order valence-electron chi connectivity index (χ1n) is 7.06. The summed E-state index contributed by atoms with van der Waals surface area (Å²) in [6, 6.07) is 7.72. The van der Waals surface area contributed by atoms with Crippen LogP contribution in [0, 0.1) is 0 Å². The molecule has 0 amide bonds. The fourth-order valence-corrected chi connectivity index (χ4v) is 1.90. The number of rotatable bonds is 10. The summed E-state index contributed by atoms with van der Waals surface area (Å²) >= 11 is 0. The number of hydrogen-bond donors (Lipinski definition) is 2. The van der Waals surface area contributed by atoms with Gasteiger partial charge in [0.15, 0.2) is 0 Å². The third-order valence-electron chi connectivity index (χ3n) is 3.04. The van der Waals surface area contributed by atoms with Crippen molar-refractivity contribution in [2.75, 3.05) is 12.0 Å². The van der Waals surface area contributed by atoms with Gasteiger partial charge in [-0.05, 0) is 30.7 Å².